The monoisotopic (exact) mass is 735 g/mol. The topological polar surface area (TPSA) is 38.7 Å². The smallest absolute Gasteiger partial charge is 0.160 e. The third kappa shape index (κ3) is 5.18. The van der Waals surface area contributed by atoms with Gasteiger partial charge in [-0.05, 0) is 117 Å². The minimum atomic E-state index is 0.697. The molecule has 0 saturated carbocycles. The SMILES string of the molecule is c1ccc(-c2nc(-c3ccc(-c4cccnc4)cc3)cc(-c3cccc(-c4cc5ccc6cccc7c8cccc9ccc%10cccc(c(c4)c5c67)c%10c98)c3)n2)cc1. The molecule has 10 aromatic carbocycles. The molecule has 0 aliphatic rings. The molecule has 0 bridgehead atoms. The first-order chi connectivity index (χ1) is 28.7. The van der Waals surface area contributed by atoms with E-state index < -0.39 is 0 Å². The Morgan fingerprint density at radius 3 is 1.47 bits per heavy atom. The van der Waals surface area contributed by atoms with Crippen LogP contribution < -0.4 is 0 Å². The first-order valence-electron chi connectivity index (χ1n) is 19.7. The van der Waals surface area contributed by atoms with Gasteiger partial charge in [-0.15, -0.1) is 0 Å². The zero-order valence-corrected chi connectivity index (χ0v) is 31.4. The first-order valence-corrected chi connectivity index (χ1v) is 19.7. The Morgan fingerprint density at radius 1 is 0.276 bits per heavy atom. The summed E-state index contributed by atoms with van der Waals surface area (Å²) in [6.07, 6.45) is 3.69. The second-order valence-corrected chi connectivity index (χ2v) is 15.2. The van der Waals surface area contributed by atoms with E-state index in [2.05, 4.69) is 169 Å². The minimum Gasteiger partial charge on any atom is -0.264 e. The summed E-state index contributed by atoms with van der Waals surface area (Å²) in [4.78, 5) is 14.6. The Hall–Kier alpha value is -7.75. The van der Waals surface area contributed by atoms with Crippen molar-refractivity contribution in [1.29, 1.82) is 0 Å². The Kier molecular flexibility index (Phi) is 7.23. The highest BCUT2D eigenvalue weighted by atomic mass is 14.9. The van der Waals surface area contributed by atoms with Crippen LogP contribution in [0.4, 0.5) is 0 Å². The summed E-state index contributed by atoms with van der Waals surface area (Å²) in [6, 6.07) is 68.0. The predicted octanol–water partition coefficient (Wildman–Crippen LogP) is 14.6. The number of fused-ring (bicyclic) bond motifs is 2. The van der Waals surface area contributed by atoms with E-state index in [9.17, 15) is 0 Å². The quantitative estimate of drug-likeness (QED) is 0.165. The molecule has 2 heterocycles. The van der Waals surface area contributed by atoms with Crippen molar-refractivity contribution in [2.45, 2.75) is 0 Å². The van der Waals surface area contributed by atoms with E-state index >= 15 is 0 Å². The Morgan fingerprint density at radius 2 is 0.810 bits per heavy atom. The lowest BCUT2D eigenvalue weighted by atomic mass is 9.86. The van der Waals surface area contributed by atoms with Gasteiger partial charge in [0.25, 0.3) is 0 Å². The van der Waals surface area contributed by atoms with Gasteiger partial charge in [-0.3, -0.25) is 4.98 Å². The van der Waals surface area contributed by atoms with Crippen molar-refractivity contribution in [2.75, 3.05) is 0 Å². The second-order valence-electron chi connectivity index (χ2n) is 15.2. The molecule has 0 unspecified atom stereocenters. The third-order valence-electron chi connectivity index (χ3n) is 11.8. The van der Waals surface area contributed by atoms with Crippen LogP contribution in [0.5, 0.6) is 0 Å². The van der Waals surface area contributed by atoms with Crippen molar-refractivity contribution in [3.63, 3.8) is 0 Å². The van der Waals surface area contributed by atoms with Gasteiger partial charge < -0.3 is 0 Å². The fourth-order valence-electron chi connectivity index (χ4n) is 9.14. The van der Waals surface area contributed by atoms with Crippen molar-refractivity contribution in [3.8, 4) is 56.2 Å². The van der Waals surface area contributed by atoms with Gasteiger partial charge in [0.15, 0.2) is 5.82 Å². The molecule has 0 amide bonds. The van der Waals surface area contributed by atoms with Crippen molar-refractivity contribution in [2.24, 2.45) is 0 Å². The molecular formula is C55H33N3. The molecule has 58 heavy (non-hydrogen) atoms. The lowest BCUT2D eigenvalue weighted by Gasteiger charge is -2.17. The molecule has 0 N–H and O–H groups in total. The number of pyridine rings is 1. The average molecular weight is 736 g/mol. The summed E-state index contributed by atoms with van der Waals surface area (Å²) in [5, 5.41) is 15.3. The first kappa shape index (κ1) is 32.5. The van der Waals surface area contributed by atoms with Gasteiger partial charge in [-0.25, -0.2) is 9.97 Å². The van der Waals surface area contributed by atoms with Crippen LogP contribution in [0.1, 0.15) is 0 Å². The maximum atomic E-state index is 5.20. The number of hydrogen-bond donors (Lipinski definition) is 0. The molecule has 0 radical (unpaired) electrons. The largest absolute Gasteiger partial charge is 0.264 e. The van der Waals surface area contributed by atoms with Gasteiger partial charge in [0, 0.05) is 29.1 Å². The van der Waals surface area contributed by atoms with E-state index in [1.807, 2.05) is 30.5 Å². The fourth-order valence-corrected chi connectivity index (χ4v) is 9.14. The molecule has 0 atom stereocenters. The van der Waals surface area contributed by atoms with Crippen molar-refractivity contribution in [3.05, 3.63) is 200 Å². The number of nitrogens with zero attached hydrogens (tertiary/aromatic N) is 3. The summed E-state index contributed by atoms with van der Waals surface area (Å²) in [5.41, 5.74) is 9.30. The predicted molar refractivity (Wildman–Crippen MR) is 243 cm³/mol. The van der Waals surface area contributed by atoms with Crippen molar-refractivity contribution >= 4 is 64.6 Å². The normalized spacial score (nSPS) is 11.8. The van der Waals surface area contributed by atoms with Crippen LogP contribution in [-0.4, -0.2) is 15.0 Å². The molecule has 12 aromatic rings. The molecule has 0 spiro atoms. The van der Waals surface area contributed by atoms with E-state index in [0.717, 1.165) is 44.8 Å². The summed E-state index contributed by atoms with van der Waals surface area (Å²) in [5.74, 6) is 0.697. The van der Waals surface area contributed by atoms with E-state index in [1.165, 1.54) is 70.2 Å². The summed E-state index contributed by atoms with van der Waals surface area (Å²) in [7, 11) is 0. The van der Waals surface area contributed by atoms with Crippen LogP contribution in [-0.2, 0) is 0 Å². The minimum absolute atomic E-state index is 0.697. The van der Waals surface area contributed by atoms with Crippen LogP contribution in [0.25, 0.3) is 121 Å². The molecule has 0 saturated heterocycles. The molecular weight excluding hydrogens is 703 g/mol. The van der Waals surface area contributed by atoms with Crippen molar-refractivity contribution in [1.82, 2.24) is 15.0 Å². The number of hydrogen-bond acceptors (Lipinski definition) is 3. The van der Waals surface area contributed by atoms with Gasteiger partial charge in [0.2, 0.25) is 0 Å². The van der Waals surface area contributed by atoms with E-state index in [1.54, 1.807) is 6.20 Å². The maximum absolute atomic E-state index is 5.20. The van der Waals surface area contributed by atoms with Gasteiger partial charge in [-0.2, -0.15) is 0 Å². The lowest BCUT2D eigenvalue weighted by Crippen LogP contribution is -1.96. The number of rotatable bonds is 5. The Bertz CT molecular complexity index is 3530. The second kappa shape index (κ2) is 12.9. The third-order valence-corrected chi connectivity index (χ3v) is 11.8. The molecule has 12 rings (SSSR count). The van der Waals surface area contributed by atoms with Gasteiger partial charge in [-0.1, -0.05) is 158 Å². The van der Waals surface area contributed by atoms with Crippen LogP contribution in [0, 0.1) is 0 Å². The maximum Gasteiger partial charge on any atom is 0.160 e. The van der Waals surface area contributed by atoms with Crippen LogP contribution in [0.3, 0.4) is 0 Å². The summed E-state index contributed by atoms with van der Waals surface area (Å²) < 4.78 is 0. The van der Waals surface area contributed by atoms with E-state index in [0.29, 0.717) is 5.82 Å². The molecule has 3 heteroatoms. The summed E-state index contributed by atoms with van der Waals surface area (Å²) in [6.45, 7) is 0. The molecule has 2 aromatic heterocycles. The highest BCUT2D eigenvalue weighted by Crippen LogP contribution is 2.44. The molecule has 0 aliphatic heterocycles. The Balaban J connectivity index is 1.07. The molecule has 0 aliphatic carbocycles. The average Bonchev–Trinajstić information content (AvgIpc) is 3.30. The number of aromatic nitrogens is 3. The van der Waals surface area contributed by atoms with E-state index in [4.69, 9.17) is 9.97 Å². The standard InChI is InChI=1S/C55H33N3/c1-2-9-39(10-3-1)55-57-49(35-22-20-34(21-23-35)43-16-8-28-56-33-43)32-50(58-55)41-15-4-14-40(29-41)44-30-42-27-26-38-12-6-18-46-45-17-5-11-36-24-25-37-13-7-19-47(53(37)51(36)45)48(31-44)54(42)52(38)46/h1-33H. The van der Waals surface area contributed by atoms with Crippen LogP contribution in [0.2, 0.25) is 0 Å². The number of benzene rings is 9. The highest BCUT2D eigenvalue weighted by molar-refractivity contribution is 6.37. The van der Waals surface area contributed by atoms with E-state index in [-0.39, 0.29) is 0 Å². The Labute approximate surface area is 334 Å². The highest BCUT2D eigenvalue weighted by Gasteiger charge is 2.17. The lowest BCUT2D eigenvalue weighted by molar-refractivity contribution is 1.18. The molecule has 3 nitrogen and oxygen atoms in total. The van der Waals surface area contributed by atoms with Crippen LogP contribution in [0.15, 0.2) is 200 Å². The van der Waals surface area contributed by atoms with Crippen molar-refractivity contribution < 1.29 is 0 Å². The van der Waals surface area contributed by atoms with Gasteiger partial charge in [0.05, 0.1) is 11.4 Å². The zero-order chi connectivity index (χ0) is 38.2. The molecule has 0 fully saturated rings. The summed E-state index contributed by atoms with van der Waals surface area (Å²) >= 11 is 0. The fraction of sp³-hybridized carbons (Fsp3) is 0. The zero-order valence-electron chi connectivity index (χ0n) is 31.4. The van der Waals surface area contributed by atoms with Gasteiger partial charge >= 0.3 is 0 Å². The molecule has 268 valence electrons. The van der Waals surface area contributed by atoms with Gasteiger partial charge in [0.1, 0.15) is 0 Å². The van der Waals surface area contributed by atoms with Crippen LogP contribution >= 0.6 is 0 Å².